The molecule has 41 heavy (non-hydrogen) atoms. The number of halogens is 3. The highest BCUT2D eigenvalue weighted by atomic mass is 19.4. The molecule has 0 bridgehead atoms. The van der Waals surface area contributed by atoms with Gasteiger partial charge in [-0.05, 0) is 42.2 Å². The topological polar surface area (TPSA) is 90.0 Å². The van der Waals surface area contributed by atoms with E-state index in [1.165, 1.54) is 30.7 Å². The fraction of sp³-hybridized carbons (Fsp3) is 0.333. The van der Waals surface area contributed by atoms with Gasteiger partial charge >= 0.3 is 6.18 Å². The zero-order valence-corrected chi connectivity index (χ0v) is 22.4. The van der Waals surface area contributed by atoms with Gasteiger partial charge in [-0.2, -0.15) is 23.3 Å². The van der Waals surface area contributed by atoms with Crippen LogP contribution in [0.25, 0.3) is 0 Å². The van der Waals surface area contributed by atoms with Gasteiger partial charge in [0.1, 0.15) is 5.82 Å². The van der Waals surface area contributed by atoms with Crippen molar-refractivity contribution in [2.45, 2.75) is 37.9 Å². The van der Waals surface area contributed by atoms with Crippen LogP contribution in [0.15, 0.2) is 66.9 Å². The van der Waals surface area contributed by atoms with E-state index >= 15 is 0 Å². The van der Waals surface area contributed by atoms with E-state index in [0.29, 0.717) is 17.7 Å². The van der Waals surface area contributed by atoms with Crippen LogP contribution < -0.4 is 10.2 Å². The molecule has 1 saturated carbocycles. The van der Waals surface area contributed by atoms with Crippen LogP contribution in [0.4, 0.5) is 30.8 Å². The van der Waals surface area contributed by atoms with Crippen LogP contribution in [-0.4, -0.2) is 57.0 Å². The van der Waals surface area contributed by atoms with Crippen LogP contribution in [0.1, 0.15) is 51.5 Å². The van der Waals surface area contributed by atoms with E-state index in [2.05, 4.69) is 30.3 Å². The lowest BCUT2D eigenvalue weighted by Crippen LogP contribution is -2.46. The first-order valence-corrected chi connectivity index (χ1v) is 13.7. The number of ketones is 1. The number of carbonyl (C=O) groups excluding carboxylic acids is 1. The predicted molar refractivity (Wildman–Crippen MR) is 149 cm³/mol. The maximum atomic E-state index is 12.8. The van der Waals surface area contributed by atoms with Gasteiger partial charge in [0.15, 0.2) is 11.6 Å². The number of piperazine rings is 1. The summed E-state index contributed by atoms with van der Waals surface area (Å²) in [7, 11) is 0. The third-order valence-electron chi connectivity index (χ3n) is 7.50. The largest absolute Gasteiger partial charge is 0.416 e. The highest BCUT2D eigenvalue weighted by molar-refractivity contribution is 5.97. The molecule has 0 spiro atoms. The number of hydrogen-bond donors (Lipinski definition) is 2. The number of aromatic amines is 1. The Morgan fingerprint density at radius 3 is 2.32 bits per heavy atom. The molecule has 2 fully saturated rings. The summed E-state index contributed by atoms with van der Waals surface area (Å²) in [5.74, 6) is 2.56. The Morgan fingerprint density at radius 2 is 1.63 bits per heavy atom. The lowest BCUT2D eigenvalue weighted by molar-refractivity contribution is -0.137. The summed E-state index contributed by atoms with van der Waals surface area (Å²) < 4.78 is 38.3. The van der Waals surface area contributed by atoms with E-state index in [4.69, 9.17) is 4.98 Å². The van der Waals surface area contributed by atoms with Crippen molar-refractivity contribution < 1.29 is 18.0 Å². The van der Waals surface area contributed by atoms with Crippen molar-refractivity contribution in [3.05, 3.63) is 94.8 Å². The van der Waals surface area contributed by atoms with Crippen LogP contribution in [-0.2, 0) is 19.1 Å². The molecule has 2 N–H and O–H groups in total. The van der Waals surface area contributed by atoms with Crippen molar-refractivity contribution in [1.29, 1.82) is 0 Å². The quantitative estimate of drug-likeness (QED) is 0.258. The summed E-state index contributed by atoms with van der Waals surface area (Å²) in [5.41, 5.74) is 2.64. The Kier molecular flexibility index (Phi) is 7.44. The molecule has 0 radical (unpaired) electrons. The van der Waals surface area contributed by atoms with Gasteiger partial charge in [0.2, 0.25) is 5.95 Å². The van der Waals surface area contributed by atoms with E-state index in [1.807, 2.05) is 36.4 Å². The van der Waals surface area contributed by atoms with Crippen molar-refractivity contribution in [1.82, 2.24) is 25.1 Å². The third kappa shape index (κ3) is 6.74. The molecule has 1 saturated heterocycles. The number of carbonyl (C=O) groups is 1. The van der Waals surface area contributed by atoms with Gasteiger partial charge in [-0.1, -0.05) is 36.4 Å². The van der Waals surface area contributed by atoms with Crippen molar-refractivity contribution in [3.8, 4) is 0 Å². The van der Waals surface area contributed by atoms with Gasteiger partial charge in [-0.15, -0.1) is 0 Å². The number of alkyl halides is 3. The first-order valence-electron chi connectivity index (χ1n) is 13.7. The second-order valence-electron chi connectivity index (χ2n) is 10.6. The maximum absolute atomic E-state index is 12.8. The minimum absolute atomic E-state index is 0.139. The number of anilines is 3. The maximum Gasteiger partial charge on any atom is 0.416 e. The number of rotatable bonds is 9. The van der Waals surface area contributed by atoms with Crippen molar-refractivity contribution in [2.24, 2.45) is 0 Å². The van der Waals surface area contributed by atoms with Gasteiger partial charge in [0.25, 0.3) is 0 Å². The highest BCUT2D eigenvalue weighted by Crippen LogP contribution is 2.39. The molecular formula is C30H30F3N7O. The number of hydrogen-bond acceptors (Lipinski definition) is 7. The van der Waals surface area contributed by atoms with Gasteiger partial charge in [-0.25, -0.2) is 4.98 Å². The Bertz CT molecular complexity index is 1490. The molecule has 1 aliphatic heterocycles. The highest BCUT2D eigenvalue weighted by Gasteiger charge is 2.30. The number of H-pyrrole nitrogens is 1. The Balaban J connectivity index is 0.982. The monoisotopic (exact) mass is 561 g/mol. The molecule has 4 aromatic rings. The molecule has 0 unspecified atom stereocenters. The van der Waals surface area contributed by atoms with Crippen molar-refractivity contribution in [2.75, 3.05) is 36.4 Å². The van der Waals surface area contributed by atoms with Gasteiger partial charge in [0.05, 0.1) is 5.56 Å². The minimum Gasteiger partial charge on any atom is -0.338 e. The van der Waals surface area contributed by atoms with Crippen molar-refractivity contribution in [3.63, 3.8) is 0 Å². The fourth-order valence-electron chi connectivity index (χ4n) is 4.96. The second kappa shape index (κ2) is 11.3. The molecule has 2 aromatic carbocycles. The summed E-state index contributed by atoms with van der Waals surface area (Å²) in [5, 5.41) is 10.7. The number of nitrogens with one attached hydrogen (secondary N) is 2. The summed E-state index contributed by atoms with van der Waals surface area (Å²) in [6, 6.07) is 16.1. The molecule has 0 amide bonds. The Labute approximate surface area is 235 Å². The Hall–Kier alpha value is -4.25. The zero-order valence-electron chi connectivity index (χ0n) is 22.4. The van der Waals surface area contributed by atoms with Crippen LogP contribution in [0.2, 0.25) is 0 Å². The summed E-state index contributed by atoms with van der Waals surface area (Å²) in [6.45, 7) is 4.11. The standard InChI is InChI=1S/C30H30F3N7O/c31-30(32,33)24-9-7-23(8-10-24)26(41)17-20-1-3-21(4-2-20)19-39-13-15-40(16-14-39)29-34-12-11-27(36-29)35-28-18-25(37-38-28)22-5-6-22/h1-4,7-12,18,22H,5-6,13-17,19H2,(H2,34,35,36,37,38). The average molecular weight is 562 g/mol. The molecule has 11 heteroatoms. The first-order chi connectivity index (χ1) is 19.8. The Morgan fingerprint density at radius 1 is 0.927 bits per heavy atom. The lowest BCUT2D eigenvalue weighted by atomic mass is 10.0. The minimum atomic E-state index is -4.42. The van der Waals surface area contributed by atoms with Crippen LogP contribution in [0.3, 0.4) is 0 Å². The lowest BCUT2D eigenvalue weighted by Gasteiger charge is -2.34. The predicted octanol–water partition coefficient (Wildman–Crippen LogP) is 5.59. The van der Waals surface area contributed by atoms with Crippen LogP contribution >= 0.6 is 0 Å². The van der Waals surface area contributed by atoms with E-state index in [1.54, 1.807) is 6.20 Å². The van der Waals surface area contributed by atoms with E-state index in [9.17, 15) is 18.0 Å². The van der Waals surface area contributed by atoms with Crippen molar-refractivity contribution >= 4 is 23.4 Å². The number of nitrogens with zero attached hydrogens (tertiary/aromatic N) is 5. The molecule has 2 aromatic heterocycles. The van der Waals surface area contributed by atoms with Gasteiger partial charge in [0, 0.05) is 68.6 Å². The van der Waals surface area contributed by atoms with Gasteiger partial charge in [-0.3, -0.25) is 14.8 Å². The summed E-state index contributed by atoms with van der Waals surface area (Å²) in [4.78, 5) is 26.3. The van der Waals surface area contributed by atoms with E-state index in [-0.39, 0.29) is 17.8 Å². The van der Waals surface area contributed by atoms with Crippen LogP contribution in [0, 0.1) is 0 Å². The average Bonchev–Trinajstić information content (AvgIpc) is 3.73. The fourth-order valence-corrected chi connectivity index (χ4v) is 4.96. The SMILES string of the molecule is O=C(Cc1ccc(CN2CCN(c3nccc(Nc4cc(C5CC5)[nH]n4)n3)CC2)cc1)c1ccc(C(F)(F)F)cc1. The zero-order chi connectivity index (χ0) is 28.4. The third-order valence-corrected chi connectivity index (χ3v) is 7.50. The van der Waals surface area contributed by atoms with Gasteiger partial charge < -0.3 is 10.2 Å². The van der Waals surface area contributed by atoms with E-state index in [0.717, 1.165) is 61.8 Å². The number of Topliss-reactive ketones (excluding diaryl/α,β-unsaturated/α-hetero) is 1. The molecule has 1 aliphatic carbocycles. The number of benzene rings is 2. The molecule has 0 atom stereocenters. The van der Waals surface area contributed by atoms with Crippen LogP contribution in [0.5, 0.6) is 0 Å². The molecule has 2 aliphatic rings. The molecule has 8 nitrogen and oxygen atoms in total. The molecular weight excluding hydrogens is 531 g/mol. The second-order valence-corrected chi connectivity index (χ2v) is 10.6. The summed E-state index contributed by atoms with van der Waals surface area (Å²) in [6.07, 6.45) is -0.0885. The first kappa shape index (κ1) is 26.9. The molecule has 212 valence electrons. The smallest absolute Gasteiger partial charge is 0.338 e. The molecule has 6 rings (SSSR count). The number of aromatic nitrogens is 4. The summed E-state index contributed by atoms with van der Waals surface area (Å²) >= 11 is 0. The molecule has 3 heterocycles. The van der Waals surface area contributed by atoms with E-state index < -0.39 is 11.7 Å². The normalized spacial score (nSPS) is 16.1.